The lowest BCUT2D eigenvalue weighted by atomic mass is 10.2. The van der Waals surface area contributed by atoms with Crippen molar-refractivity contribution in [3.05, 3.63) is 24.4 Å². The molecule has 0 saturated carbocycles. The zero-order chi connectivity index (χ0) is 12.9. The van der Waals surface area contributed by atoms with Crippen LogP contribution in [0.15, 0.2) is 24.4 Å². The molecule has 4 nitrogen and oxygen atoms in total. The molecule has 104 valence electrons. The second-order valence-corrected chi connectivity index (χ2v) is 6.35. The van der Waals surface area contributed by atoms with Gasteiger partial charge in [0.05, 0.1) is 0 Å². The number of thioether (sulfide) groups is 1. The Morgan fingerprint density at radius 1 is 1.26 bits per heavy atom. The lowest BCUT2D eigenvalue weighted by Gasteiger charge is -2.37. The van der Waals surface area contributed by atoms with E-state index in [9.17, 15) is 0 Å². The van der Waals surface area contributed by atoms with E-state index in [1.807, 2.05) is 12.3 Å². The fourth-order valence-electron chi connectivity index (χ4n) is 2.75. The lowest BCUT2D eigenvalue weighted by molar-refractivity contribution is 0.235. The first-order chi connectivity index (χ1) is 9.42. The van der Waals surface area contributed by atoms with Gasteiger partial charge >= 0.3 is 0 Å². The minimum atomic E-state index is 0.681. The molecule has 3 heterocycles. The van der Waals surface area contributed by atoms with E-state index >= 15 is 0 Å². The highest BCUT2D eigenvalue weighted by atomic mass is 32.2. The number of hydrogen-bond donors (Lipinski definition) is 1. The van der Waals surface area contributed by atoms with Crippen molar-refractivity contribution in [1.82, 2.24) is 15.2 Å². The van der Waals surface area contributed by atoms with Crippen molar-refractivity contribution < 1.29 is 0 Å². The van der Waals surface area contributed by atoms with E-state index < -0.39 is 0 Å². The minimum Gasteiger partial charge on any atom is -0.354 e. The minimum absolute atomic E-state index is 0.681. The molecule has 19 heavy (non-hydrogen) atoms. The van der Waals surface area contributed by atoms with Crippen LogP contribution >= 0.6 is 11.8 Å². The molecule has 1 N–H and O–H groups in total. The van der Waals surface area contributed by atoms with Crippen molar-refractivity contribution in [1.29, 1.82) is 0 Å². The van der Waals surface area contributed by atoms with Gasteiger partial charge in [-0.15, -0.1) is 0 Å². The van der Waals surface area contributed by atoms with Gasteiger partial charge in [-0.05, 0) is 12.1 Å². The van der Waals surface area contributed by atoms with Crippen LogP contribution in [0.4, 0.5) is 5.82 Å². The molecule has 2 fully saturated rings. The molecule has 1 aromatic rings. The largest absolute Gasteiger partial charge is 0.354 e. The molecule has 0 aliphatic carbocycles. The standard InChI is InChI=1S/C14H22N4S/c1-2-4-16-14(3-1)18-8-6-17(7-9-18)11-13-12-19-10-5-15-13/h1-4,13,15H,5-12H2. The fourth-order valence-corrected chi connectivity index (χ4v) is 3.69. The third-order valence-electron chi connectivity index (χ3n) is 3.82. The zero-order valence-electron chi connectivity index (χ0n) is 11.3. The number of hydrogen-bond acceptors (Lipinski definition) is 5. The predicted octanol–water partition coefficient (Wildman–Crippen LogP) is 0.909. The number of rotatable bonds is 3. The molecule has 2 aliphatic rings. The molecule has 2 aliphatic heterocycles. The molecule has 5 heteroatoms. The Kier molecular flexibility index (Phi) is 4.58. The monoisotopic (exact) mass is 278 g/mol. The van der Waals surface area contributed by atoms with E-state index in [2.05, 4.69) is 44.0 Å². The number of nitrogens with zero attached hydrogens (tertiary/aromatic N) is 3. The van der Waals surface area contributed by atoms with E-state index in [1.54, 1.807) is 0 Å². The first kappa shape index (κ1) is 13.2. The van der Waals surface area contributed by atoms with Crippen LogP contribution in [0, 0.1) is 0 Å². The molecule has 0 amide bonds. The molecule has 3 rings (SSSR count). The highest BCUT2D eigenvalue weighted by molar-refractivity contribution is 7.99. The van der Waals surface area contributed by atoms with Gasteiger partial charge in [-0.2, -0.15) is 11.8 Å². The predicted molar refractivity (Wildman–Crippen MR) is 82.0 cm³/mol. The quantitative estimate of drug-likeness (QED) is 0.888. The maximum Gasteiger partial charge on any atom is 0.128 e. The van der Waals surface area contributed by atoms with Crippen molar-refractivity contribution in [2.75, 3.05) is 55.7 Å². The molecule has 0 aromatic carbocycles. The molecular weight excluding hydrogens is 256 g/mol. The summed E-state index contributed by atoms with van der Waals surface area (Å²) in [6.45, 7) is 6.86. The smallest absolute Gasteiger partial charge is 0.128 e. The summed E-state index contributed by atoms with van der Waals surface area (Å²) in [5.74, 6) is 3.65. The van der Waals surface area contributed by atoms with Gasteiger partial charge in [0, 0.05) is 63.0 Å². The lowest BCUT2D eigenvalue weighted by Crippen LogP contribution is -2.52. The van der Waals surface area contributed by atoms with Gasteiger partial charge in [-0.3, -0.25) is 4.90 Å². The summed E-state index contributed by atoms with van der Waals surface area (Å²) in [5.41, 5.74) is 0. The molecule has 0 bridgehead atoms. The highest BCUT2D eigenvalue weighted by Gasteiger charge is 2.21. The van der Waals surface area contributed by atoms with Crippen LogP contribution in [0.2, 0.25) is 0 Å². The maximum absolute atomic E-state index is 4.43. The zero-order valence-corrected chi connectivity index (χ0v) is 12.1. The van der Waals surface area contributed by atoms with Gasteiger partial charge in [0.25, 0.3) is 0 Å². The Morgan fingerprint density at radius 2 is 2.16 bits per heavy atom. The number of aromatic nitrogens is 1. The Balaban J connectivity index is 1.46. The number of nitrogens with one attached hydrogen (secondary N) is 1. The molecule has 2 saturated heterocycles. The van der Waals surface area contributed by atoms with E-state index in [0.717, 1.165) is 32.0 Å². The van der Waals surface area contributed by atoms with Crippen molar-refractivity contribution in [2.45, 2.75) is 6.04 Å². The van der Waals surface area contributed by atoms with E-state index in [1.165, 1.54) is 24.6 Å². The molecule has 1 atom stereocenters. The summed E-state index contributed by atoms with van der Waals surface area (Å²) < 4.78 is 0. The summed E-state index contributed by atoms with van der Waals surface area (Å²) in [6.07, 6.45) is 1.88. The summed E-state index contributed by atoms with van der Waals surface area (Å²) >= 11 is 2.08. The first-order valence-corrected chi connectivity index (χ1v) is 8.27. The first-order valence-electron chi connectivity index (χ1n) is 7.11. The average Bonchev–Trinajstić information content (AvgIpc) is 2.50. The Morgan fingerprint density at radius 3 is 2.84 bits per heavy atom. The second-order valence-electron chi connectivity index (χ2n) is 5.20. The van der Waals surface area contributed by atoms with Crippen LogP contribution in [0.5, 0.6) is 0 Å². The molecule has 1 aromatic heterocycles. The van der Waals surface area contributed by atoms with E-state index in [0.29, 0.717) is 6.04 Å². The van der Waals surface area contributed by atoms with E-state index in [4.69, 9.17) is 0 Å². The average molecular weight is 278 g/mol. The molecule has 0 radical (unpaired) electrons. The van der Waals surface area contributed by atoms with Gasteiger partial charge in [-0.1, -0.05) is 6.07 Å². The Labute approximate surface area is 119 Å². The Bertz CT molecular complexity index is 372. The number of piperazine rings is 1. The van der Waals surface area contributed by atoms with Crippen LogP contribution in [0.1, 0.15) is 0 Å². The maximum atomic E-state index is 4.43. The van der Waals surface area contributed by atoms with Crippen LogP contribution in [-0.2, 0) is 0 Å². The summed E-state index contributed by atoms with van der Waals surface area (Å²) in [7, 11) is 0. The number of anilines is 1. The fraction of sp³-hybridized carbons (Fsp3) is 0.643. The van der Waals surface area contributed by atoms with Crippen LogP contribution < -0.4 is 10.2 Å². The normalized spacial score (nSPS) is 25.5. The van der Waals surface area contributed by atoms with Crippen LogP contribution in [-0.4, -0.2) is 66.7 Å². The van der Waals surface area contributed by atoms with Gasteiger partial charge in [0.2, 0.25) is 0 Å². The molecule has 0 spiro atoms. The van der Waals surface area contributed by atoms with Gasteiger partial charge in [0.15, 0.2) is 0 Å². The topological polar surface area (TPSA) is 31.4 Å². The Hall–Kier alpha value is -0.780. The summed E-state index contributed by atoms with van der Waals surface area (Å²) in [5, 5.41) is 3.62. The van der Waals surface area contributed by atoms with Gasteiger partial charge < -0.3 is 10.2 Å². The van der Waals surface area contributed by atoms with Gasteiger partial charge in [-0.25, -0.2) is 4.98 Å². The third kappa shape index (κ3) is 3.61. The molecule has 1 unspecified atom stereocenters. The van der Waals surface area contributed by atoms with Crippen molar-refractivity contribution in [3.63, 3.8) is 0 Å². The SMILES string of the molecule is c1ccc(N2CCN(CC3CSCCN3)CC2)nc1. The van der Waals surface area contributed by atoms with Crippen molar-refractivity contribution in [3.8, 4) is 0 Å². The van der Waals surface area contributed by atoms with Crippen LogP contribution in [0.3, 0.4) is 0 Å². The van der Waals surface area contributed by atoms with Crippen LogP contribution in [0.25, 0.3) is 0 Å². The summed E-state index contributed by atoms with van der Waals surface area (Å²) in [6, 6.07) is 6.83. The van der Waals surface area contributed by atoms with E-state index in [-0.39, 0.29) is 0 Å². The van der Waals surface area contributed by atoms with Crippen molar-refractivity contribution >= 4 is 17.6 Å². The third-order valence-corrected chi connectivity index (χ3v) is 4.95. The van der Waals surface area contributed by atoms with Gasteiger partial charge in [0.1, 0.15) is 5.82 Å². The van der Waals surface area contributed by atoms with Crippen molar-refractivity contribution in [2.24, 2.45) is 0 Å². The highest BCUT2D eigenvalue weighted by Crippen LogP contribution is 2.14. The molecular formula is C14H22N4S. The second kappa shape index (κ2) is 6.59. The summed E-state index contributed by atoms with van der Waals surface area (Å²) in [4.78, 5) is 9.41. The number of pyridine rings is 1.